The van der Waals surface area contributed by atoms with E-state index < -0.39 is 5.97 Å². The molecule has 3 aliphatic carbocycles. The highest BCUT2D eigenvalue weighted by Crippen LogP contribution is 2.32. The molecule has 0 amide bonds. The highest BCUT2D eigenvalue weighted by Gasteiger charge is 2.20. The Morgan fingerprint density at radius 1 is 0.714 bits per heavy atom. The monoisotopic (exact) mass is 476 g/mol. The minimum atomic E-state index is -0.403. The molecule has 0 aliphatic heterocycles. The van der Waals surface area contributed by atoms with Crippen molar-refractivity contribution in [3.63, 3.8) is 0 Å². The Balaban J connectivity index is 1.51. The fourth-order valence-electron chi connectivity index (χ4n) is 3.79. The van der Waals surface area contributed by atoms with Gasteiger partial charge in [-0.1, -0.05) is 43.0 Å². The maximum absolute atomic E-state index is 12.6. The third-order valence-electron chi connectivity index (χ3n) is 5.93. The van der Waals surface area contributed by atoms with Crippen LogP contribution in [-0.2, 0) is 28.6 Å². The van der Waals surface area contributed by atoms with Crippen LogP contribution in [0.4, 0.5) is 0 Å². The molecule has 0 radical (unpaired) electrons. The maximum Gasteiger partial charge on any atom is 0.339 e. The first-order valence-electron chi connectivity index (χ1n) is 11.8. The smallest absolute Gasteiger partial charge is 0.339 e. The van der Waals surface area contributed by atoms with Crippen LogP contribution in [0.1, 0.15) is 58.8 Å². The molecular formula is C29H32O6. The Labute approximate surface area is 206 Å². The van der Waals surface area contributed by atoms with Gasteiger partial charge in [0.2, 0.25) is 0 Å². The quantitative estimate of drug-likeness (QED) is 0.230. The van der Waals surface area contributed by atoms with E-state index in [-0.39, 0.29) is 11.9 Å². The summed E-state index contributed by atoms with van der Waals surface area (Å²) in [6.07, 6.45) is 16.2. The molecule has 0 atom stereocenters. The van der Waals surface area contributed by atoms with Gasteiger partial charge in [0.25, 0.3) is 0 Å². The van der Waals surface area contributed by atoms with Crippen LogP contribution in [0.5, 0.6) is 0 Å². The number of esters is 3. The van der Waals surface area contributed by atoms with E-state index in [2.05, 4.69) is 13.2 Å². The Hall–Kier alpha value is -3.67. The summed E-state index contributed by atoms with van der Waals surface area (Å²) in [7, 11) is 0. The average molecular weight is 477 g/mol. The zero-order valence-corrected chi connectivity index (χ0v) is 20.5. The van der Waals surface area contributed by atoms with Gasteiger partial charge in [0, 0.05) is 36.0 Å². The van der Waals surface area contributed by atoms with Crippen molar-refractivity contribution in [1.29, 1.82) is 0 Å². The fraction of sp³-hybridized carbons (Fsp3) is 0.345. The van der Waals surface area contributed by atoms with Crippen LogP contribution in [-0.4, -0.2) is 24.5 Å². The van der Waals surface area contributed by atoms with Gasteiger partial charge in [-0.3, -0.25) is 0 Å². The van der Waals surface area contributed by atoms with Gasteiger partial charge in [-0.05, 0) is 62.8 Å². The van der Waals surface area contributed by atoms with Crippen molar-refractivity contribution in [3.8, 4) is 0 Å². The molecule has 184 valence electrons. The summed E-state index contributed by atoms with van der Waals surface area (Å²) in [4.78, 5) is 35.7. The molecule has 0 saturated heterocycles. The van der Waals surface area contributed by atoms with Crippen molar-refractivity contribution in [1.82, 2.24) is 0 Å². The molecule has 0 aromatic rings. The molecule has 0 N–H and O–H groups in total. The van der Waals surface area contributed by atoms with E-state index in [9.17, 15) is 14.4 Å². The van der Waals surface area contributed by atoms with Gasteiger partial charge in [0.15, 0.2) is 0 Å². The molecular weight excluding hydrogens is 444 g/mol. The zero-order valence-electron chi connectivity index (χ0n) is 20.5. The predicted octanol–water partition coefficient (Wildman–Crippen LogP) is 6.01. The zero-order chi connectivity index (χ0) is 25.4. The van der Waals surface area contributed by atoms with Gasteiger partial charge in [-0.25, -0.2) is 14.4 Å². The lowest BCUT2D eigenvalue weighted by atomic mass is 9.89. The Bertz CT molecular complexity index is 1120. The van der Waals surface area contributed by atoms with E-state index in [1.807, 2.05) is 36.5 Å². The van der Waals surface area contributed by atoms with Crippen molar-refractivity contribution >= 4 is 17.9 Å². The lowest BCUT2D eigenvalue weighted by Crippen LogP contribution is -2.12. The van der Waals surface area contributed by atoms with E-state index in [1.165, 1.54) is 11.1 Å². The molecule has 0 bridgehead atoms. The summed E-state index contributed by atoms with van der Waals surface area (Å²) in [6, 6.07) is 0. The number of allylic oxidation sites excluding steroid dienone is 10. The minimum Gasteiger partial charge on any atom is -0.462 e. The number of hydrogen-bond donors (Lipinski definition) is 0. The van der Waals surface area contributed by atoms with Gasteiger partial charge in [0.05, 0.1) is 6.61 Å². The van der Waals surface area contributed by atoms with Gasteiger partial charge in [-0.15, -0.1) is 0 Å². The largest absolute Gasteiger partial charge is 0.462 e. The standard InChI is InChI=1S/C29H32O6/c1-19(2)27(30)33-18-17-21-5-13-25(14-6-21)35-29(32)24-9-7-22(8-10-24)23-11-15-26(16-12-23)34-28(31)20(3)4/h5,7,9,11,13,15H,1,3,6,8,10,12,14,16-18H2,2,4H3. The van der Waals surface area contributed by atoms with Crippen molar-refractivity contribution < 1.29 is 28.6 Å². The highest BCUT2D eigenvalue weighted by atomic mass is 16.5. The molecule has 0 aromatic heterocycles. The van der Waals surface area contributed by atoms with Crippen LogP contribution < -0.4 is 0 Å². The predicted molar refractivity (Wildman–Crippen MR) is 134 cm³/mol. The molecule has 0 unspecified atom stereocenters. The van der Waals surface area contributed by atoms with Crippen molar-refractivity contribution in [3.05, 3.63) is 94.6 Å². The second-order valence-corrected chi connectivity index (χ2v) is 8.89. The molecule has 0 aromatic carbocycles. The number of carbonyl (C=O) groups is 3. The van der Waals surface area contributed by atoms with Crippen LogP contribution in [0.3, 0.4) is 0 Å². The topological polar surface area (TPSA) is 78.9 Å². The Kier molecular flexibility index (Phi) is 9.01. The van der Waals surface area contributed by atoms with Gasteiger partial charge >= 0.3 is 17.9 Å². The second-order valence-electron chi connectivity index (χ2n) is 8.89. The van der Waals surface area contributed by atoms with Gasteiger partial charge in [0.1, 0.15) is 11.5 Å². The van der Waals surface area contributed by atoms with Gasteiger partial charge < -0.3 is 14.2 Å². The highest BCUT2D eigenvalue weighted by molar-refractivity contribution is 5.90. The van der Waals surface area contributed by atoms with Crippen LogP contribution in [0.15, 0.2) is 94.6 Å². The molecule has 6 nitrogen and oxygen atoms in total. The van der Waals surface area contributed by atoms with Crippen molar-refractivity contribution in [2.24, 2.45) is 0 Å². The number of ether oxygens (including phenoxy) is 3. The van der Waals surface area contributed by atoms with Gasteiger partial charge in [-0.2, -0.15) is 0 Å². The molecule has 3 aliphatic rings. The Morgan fingerprint density at radius 3 is 1.86 bits per heavy atom. The molecule has 0 spiro atoms. The van der Waals surface area contributed by atoms with E-state index in [0.717, 1.165) is 24.8 Å². The fourth-order valence-corrected chi connectivity index (χ4v) is 3.79. The lowest BCUT2D eigenvalue weighted by Gasteiger charge is -2.20. The van der Waals surface area contributed by atoms with Crippen LogP contribution in [0.2, 0.25) is 0 Å². The first-order chi connectivity index (χ1) is 16.7. The number of rotatable bonds is 9. The van der Waals surface area contributed by atoms with E-state index in [1.54, 1.807) is 13.8 Å². The first kappa shape index (κ1) is 25.9. The summed E-state index contributed by atoms with van der Waals surface area (Å²) in [5, 5.41) is 0. The summed E-state index contributed by atoms with van der Waals surface area (Å²) in [5.41, 5.74) is 4.93. The van der Waals surface area contributed by atoms with E-state index >= 15 is 0 Å². The Morgan fingerprint density at radius 2 is 1.31 bits per heavy atom. The minimum absolute atomic E-state index is 0.315. The third kappa shape index (κ3) is 7.67. The molecule has 0 heterocycles. The summed E-state index contributed by atoms with van der Waals surface area (Å²) in [6.45, 7) is 10.7. The lowest BCUT2D eigenvalue weighted by molar-refractivity contribution is -0.139. The number of carbonyl (C=O) groups excluding carboxylic acids is 3. The molecule has 0 fully saturated rings. The number of hydrogen-bond acceptors (Lipinski definition) is 6. The van der Waals surface area contributed by atoms with Crippen molar-refractivity contribution in [2.45, 2.75) is 58.8 Å². The maximum atomic E-state index is 12.6. The first-order valence-corrected chi connectivity index (χ1v) is 11.8. The third-order valence-corrected chi connectivity index (χ3v) is 5.93. The van der Waals surface area contributed by atoms with E-state index in [4.69, 9.17) is 14.2 Å². The average Bonchev–Trinajstić information content (AvgIpc) is 2.85. The molecule has 35 heavy (non-hydrogen) atoms. The summed E-state index contributed by atoms with van der Waals surface area (Å²) >= 11 is 0. The van der Waals surface area contributed by atoms with E-state index in [0.29, 0.717) is 60.5 Å². The summed E-state index contributed by atoms with van der Waals surface area (Å²) in [5.74, 6) is 0.189. The van der Waals surface area contributed by atoms with Crippen LogP contribution in [0, 0.1) is 0 Å². The van der Waals surface area contributed by atoms with Crippen LogP contribution in [0.25, 0.3) is 0 Å². The van der Waals surface area contributed by atoms with Crippen LogP contribution >= 0.6 is 0 Å². The summed E-state index contributed by atoms with van der Waals surface area (Å²) < 4.78 is 16.0. The second kappa shape index (κ2) is 12.2. The molecule has 6 heteroatoms. The molecule has 3 rings (SSSR count). The normalized spacial score (nSPS) is 17.4. The SMILES string of the molecule is C=C(C)C(=O)OCCC1=CC=C(OC(=O)C2=CC=C(C3=CC=C(OC(=O)C(=C)C)CC3)CC2)CC1. The molecule has 0 saturated carbocycles. The van der Waals surface area contributed by atoms with Crippen molar-refractivity contribution in [2.75, 3.05) is 6.61 Å².